The molecular formula is C11H23NO3Si. The lowest BCUT2D eigenvalue weighted by molar-refractivity contribution is -0.176. The maximum atomic E-state index is 11.5. The van der Waals surface area contributed by atoms with Crippen LogP contribution in [0.5, 0.6) is 0 Å². The van der Waals surface area contributed by atoms with Crippen LogP contribution in [0, 0.1) is 0 Å². The number of hydrogen-bond donors (Lipinski definition) is 1. The van der Waals surface area contributed by atoms with E-state index in [-0.39, 0.29) is 0 Å². The van der Waals surface area contributed by atoms with Gasteiger partial charge in [-0.05, 0) is 32.4 Å². The zero-order valence-corrected chi connectivity index (χ0v) is 11.7. The summed E-state index contributed by atoms with van der Waals surface area (Å²) >= 11 is 0. The Labute approximate surface area is 99.3 Å². The molecule has 0 unspecified atom stereocenters. The van der Waals surface area contributed by atoms with Gasteiger partial charge < -0.3 is 9.63 Å². The van der Waals surface area contributed by atoms with E-state index in [1.54, 1.807) is 5.06 Å². The highest BCUT2D eigenvalue weighted by molar-refractivity contribution is 6.48. The van der Waals surface area contributed by atoms with Crippen molar-refractivity contribution in [2.75, 3.05) is 6.54 Å². The first-order valence-electron chi connectivity index (χ1n) is 6.20. The number of carboxylic acids is 1. The first-order valence-corrected chi connectivity index (χ1v) is 8.99. The summed E-state index contributed by atoms with van der Waals surface area (Å²) in [5, 5.41) is 11.2. The van der Waals surface area contributed by atoms with E-state index in [2.05, 4.69) is 20.0 Å². The van der Waals surface area contributed by atoms with Crippen LogP contribution in [0.25, 0.3) is 0 Å². The van der Waals surface area contributed by atoms with Crippen molar-refractivity contribution in [3.8, 4) is 0 Å². The molecule has 0 amide bonds. The van der Waals surface area contributed by atoms with Gasteiger partial charge in [-0.25, -0.2) is 0 Å². The highest BCUT2D eigenvalue weighted by Gasteiger charge is 2.48. The van der Waals surface area contributed by atoms with E-state index >= 15 is 0 Å². The van der Waals surface area contributed by atoms with Crippen molar-refractivity contribution >= 4 is 15.0 Å². The topological polar surface area (TPSA) is 49.8 Å². The summed E-state index contributed by atoms with van der Waals surface area (Å²) in [7, 11) is -1.22. The lowest BCUT2D eigenvalue weighted by Gasteiger charge is -2.35. The molecule has 0 saturated carbocycles. The number of rotatable bonds is 6. The number of hydroxylamine groups is 2. The van der Waals surface area contributed by atoms with Gasteiger partial charge in [0.1, 0.15) is 5.54 Å². The first kappa shape index (κ1) is 13.7. The van der Waals surface area contributed by atoms with Crippen LogP contribution in [0.1, 0.15) is 39.0 Å². The molecule has 0 aromatic carbocycles. The van der Waals surface area contributed by atoms with Crippen LogP contribution in [0.15, 0.2) is 0 Å². The van der Waals surface area contributed by atoms with Gasteiger partial charge in [-0.15, -0.1) is 0 Å². The van der Waals surface area contributed by atoms with Crippen LogP contribution in [-0.4, -0.2) is 37.3 Å². The first-order chi connectivity index (χ1) is 7.53. The summed E-state index contributed by atoms with van der Waals surface area (Å²) in [5.41, 5.74) is -0.743. The monoisotopic (exact) mass is 245 g/mol. The summed E-state index contributed by atoms with van der Waals surface area (Å²) in [5.74, 6) is -0.715. The standard InChI is InChI=1S/C11H23NO3Si/c1-4-5-7-11(10(13)14)8-6-9-12(11)15-16(2)3/h16H,4-9H2,1-3H3,(H,13,14)/t11-/m0/s1. The molecule has 1 saturated heterocycles. The van der Waals surface area contributed by atoms with E-state index in [1.165, 1.54) is 0 Å². The van der Waals surface area contributed by atoms with E-state index in [0.29, 0.717) is 6.42 Å². The second kappa shape index (κ2) is 5.79. The molecule has 0 spiro atoms. The molecule has 1 rings (SSSR count). The third-order valence-corrected chi connectivity index (χ3v) is 3.79. The van der Waals surface area contributed by atoms with Crippen LogP contribution >= 0.6 is 0 Å². The molecule has 1 fully saturated rings. The molecule has 16 heavy (non-hydrogen) atoms. The Hall–Kier alpha value is -0.393. The summed E-state index contributed by atoms with van der Waals surface area (Å²) in [4.78, 5) is 11.5. The molecule has 1 aliphatic rings. The third-order valence-electron chi connectivity index (χ3n) is 3.11. The quantitative estimate of drug-likeness (QED) is 0.727. The van der Waals surface area contributed by atoms with Gasteiger partial charge in [0.25, 0.3) is 0 Å². The van der Waals surface area contributed by atoms with Crippen molar-refractivity contribution in [3.63, 3.8) is 0 Å². The van der Waals surface area contributed by atoms with Gasteiger partial charge in [-0.2, -0.15) is 5.06 Å². The number of carboxylic acid groups (broad SMARTS) is 1. The molecule has 0 aliphatic carbocycles. The molecule has 0 aromatic heterocycles. The number of hydrogen-bond acceptors (Lipinski definition) is 3. The van der Waals surface area contributed by atoms with Crippen molar-refractivity contribution in [2.45, 2.75) is 57.7 Å². The fourth-order valence-electron chi connectivity index (χ4n) is 2.30. The van der Waals surface area contributed by atoms with Gasteiger partial charge >= 0.3 is 5.97 Å². The fraction of sp³-hybridized carbons (Fsp3) is 0.909. The van der Waals surface area contributed by atoms with Crippen molar-refractivity contribution < 1.29 is 14.4 Å². The molecule has 0 aromatic rings. The second-order valence-corrected chi connectivity index (χ2v) is 7.11. The zero-order valence-electron chi connectivity index (χ0n) is 10.5. The van der Waals surface area contributed by atoms with Crippen molar-refractivity contribution in [1.29, 1.82) is 0 Å². The number of aliphatic carboxylic acids is 1. The number of carbonyl (C=O) groups is 1. The summed E-state index contributed by atoms with van der Waals surface area (Å²) < 4.78 is 5.78. The number of nitrogens with zero attached hydrogens (tertiary/aromatic N) is 1. The van der Waals surface area contributed by atoms with E-state index in [1.807, 2.05) is 0 Å². The molecule has 1 atom stereocenters. The minimum absolute atomic E-state index is 0.708. The normalized spacial score (nSPS) is 26.5. The fourth-order valence-corrected chi connectivity index (χ4v) is 3.12. The molecule has 94 valence electrons. The average Bonchev–Trinajstić information content (AvgIpc) is 2.58. The largest absolute Gasteiger partial charge is 0.480 e. The summed E-state index contributed by atoms with van der Waals surface area (Å²) in [6.45, 7) is 7.00. The van der Waals surface area contributed by atoms with Crippen LogP contribution in [0.4, 0.5) is 0 Å². The molecule has 0 bridgehead atoms. The summed E-state index contributed by atoms with van der Waals surface area (Å²) in [6, 6.07) is 0. The van der Waals surface area contributed by atoms with Crippen molar-refractivity contribution in [3.05, 3.63) is 0 Å². The molecule has 1 heterocycles. The Morgan fingerprint density at radius 2 is 2.25 bits per heavy atom. The predicted molar refractivity (Wildman–Crippen MR) is 65.8 cm³/mol. The van der Waals surface area contributed by atoms with E-state index in [0.717, 1.165) is 32.2 Å². The predicted octanol–water partition coefficient (Wildman–Crippen LogP) is 2.01. The van der Waals surface area contributed by atoms with E-state index in [9.17, 15) is 9.90 Å². The van der Waals surface area contributed by atoms with Gasteiger partial charge in [-0.3, -0.25) is 4.79 Å². The molecule has 0 radical (unpaired) electrons. The maximum Gasteiger partial charge on any atom is 0.326 e. The SMILES string of the molecule is CCCC[C@@]1(C(=O)O)CCCN1O[SiH](C)C. The van der Waals surface area contributed by atoms with Crippen molar-refractivity contribution in [2.24, 2.45) is 0 Å². The Bertz CT molecular complexity index is 247. The Morgan fingerprint density at radius 3 is 2.75 bits per heavy atom. The van der Waals surface area contributed by atoms with Crippen LogP contribution in [0.3, 0.4) is 0 Å². The molecule has 5 heteroatoms. The Morgan fingerprint density at radius 1 is 1.56 bits per heavy atom. The van der Waals surface area contributed by atoms with Gasteiger partial charge in [0.05, 0.1) is 0 Å². The second-order valence-electron chi connectivity index (χ2n) is 4.80. The summed E-state index contributed by atoms with van der Waals surface area (Å²) in [6.07, 6.45) is 4.34. The third kappa shape index (κ3) is 2.84. The maximum absolute atomic E-state index is 11.5. The minimum Gasteiger partial charge on any atom is -0.480 e. The smallest absolute Gasteiger partial charge is 0.326 e. The highest BCUT2D eigenvalue weighted by atomic mass is 28.3. The van der Waals surface area contributed by atoms with E-state index in [4.69, 9.17) is 4.53 Å². The highest BCUT2D eigenvalue weighted by Crippen LogP contribution is 2.34. The van der Waals surface area contributed by atoms with Crippen LogP contribution in [0.2, 0.25) is 13.1 Å². The molecule has 1 aliphatic heterocycles. The van der Waals surface area contributed by atoms with Gasteiger partial charge in [-0.1, -0.05) is 19.8 Å². The van der Waals surface area contributed by atoms with Gasteiger partial charge in [0.15, 0.2) is 9.04 Å². The Kier molecular flexibility index (Phi) is 4.95. The zero-order chi connectivity index (χ0) is 12.2. The minimum atomic E-state index is -1.22. The Balaban J connectivity index is 2.76. The van der Waals surface area contributed by atoms with Crippen LogP contribution in [-0.2, 0) is 9.32 Å². The average molecular weight is 245 g/mol. The molecule has 4 nitrogen and oxygen atoms in total. The van der Waals surface area contributed by atoms with Crippen LogP contribution < -0.4 is 0 Å². The van der Waals surface area contributed by atoms with Crippen molar-refractivity contribution in [1.82, 2.24) is 5.06 Å². The van der Waals surface area contributed by atoms with E-state index < -0.39 is 20.5 Å². The number of unbranched alkanes of at least 4 members (excludes halogenated alkanes) is 1. The lowest BCUT2D eigenvalue weighted by Crippen LogP contribution is -2.51. The molecule has 1 N–H and O–H groups in total. The molecular weight excluding hydrogens is 222 g/mol. The van der Waals surface area contributed by atoms with Gasteiger partial charge in [0.2, 0.25) is 0 Å². The van der Waals surface area contributed by atoms with Gasteiger partial charge in [0, 0.05) is 6.54 Å². The lowest BCUT2D eigenvalue weighted by atomic mass is 9.91.